The van der Waals surface area contributed by atoms with E-state index in [4.69, 9.17) is 20.8 Å². The number of fused-ring (bicyclic) bond motifs is 1. The molecule has 1 aromatic carbocycles. The van der Waals surface area contributed by atoms with Gasteiger partial charge in [-0.3, -0.25) is 14.6 Å². The SMILES string of the molecule is C[C@H](Oc1c(I)cc(Cl)c2cccnc12)C(=O)N1CCN(C(=O)c2ccco2)CC1. The van der Waals surface area contributed by atoms with Crippen molar-refractivity contribution < 1.29 is 18.7 Å². The normalized spacial score (nSPS) is 15.3. The second-order valence-corrected chi connectivity index (χ2v) is 8.49. The molecule has 156 valence electrons. The highest BCUT2D eigenvalue weighted by Crippen LogP contribution is 2.35. The zero-order chi connectivity index (χ0) is 21.3. The lowest BCUT2D eigenvalue weighted by atomic mass is 10.2. The number of benzene rings is 1. The van der Waals surface area contributed by atoms with Crippen molar-refractivity contribution in [3.63, 3.8) is 0 Å². The van der Waals surface area contributed by atoms with Gasteiger partial charge in [-0.2, -0.15) is 0 Å². The van der Waals surface area contributed by atoms with Gasteiger partial charge in [0.2, 0.25) is 0 Å². The van der Waals surface area contributed by atoms with Crippen LogP contribution >= 0.6 is 34.2 Å². The summed E-state index contributed by atoms with van der Waals surface area (Å²) >= 11 is 8.45. The van der Waals surface area contributed by atoms with Gasteiger partial charge in [0.1, 0.15) is 5.52 Å². The van der Waals surface area contributed by atoms with Crippen LogP contribution in [0.5, 0.6) is 5.75 Å². The van der Waals surface area contributed by atoms with Gasteiger partial charge in [-0.1, -0.05) is 11.6 Å². The van der Waals surface area contributed by atoms with Gasteiger partial charge >= 0.3 is 0 Å². The molecule has 2 aromatic heterocycles. The zero-order valence-electron chi connectivity index (χ0n) is 16.2. The summed E-state index contributed by atoms with van der Waals surface area (Å²) in [6.07, 6.45) is 2.45. The van der Waals surface area contributed by atoms with Crippen molar-refractivity contribution in [1.82, 2.24) is 14.8 Å². The summed E-state index contributed by atoms with van der Waals surface area (Å²) in [5.74, 6) is 0.561. The molecule has 3 aromatic rings. The number of nitrogens with zero attached hydrogens (tertiary/aromatic N) is 3. The average Bonchev–Trinajstić information content (AvgIpc) is 3.30. The van der Waals surface area contributed by atoms with Gasteiger partial charge in [0.25, 0.3) is 11.8 Å². The zero-order valence-corrected chi connectivity index (χ0v) is 19.1. The molecule has 1 aliphatic heterocycles. The molecule has 1 aliphatic rings. The number of aromatic nitrogens is 1. The van der Waals surface area contributed by atoms with Gasteiger partial charge in [0, 0.05) is 37.8 Å². The van der Waals surface area contributed by atoms with Crippen LogP contribution in [0.1, 0.15) is 17.5 Å². The van der Waals surface area contributed by atoms with Crippen molar-refractivity contribution in [2.24, 2.45) is 0 Å². The van der Waals surface area contributed by atoms with Crippen LogP contribution in [0.3, 0.4) is 0 Å². The van der Waals surface area contributed by atoms with Gasteiger partial charge < -0.3 is 19.0 Å². The molecule has 9 heteroatoms. The Morgan fingerprint density at radius 2 is 1.93 bits per heavy atom. The summed E-state index contributed by atoms with van der Waals surface area (Å²) in [5, 5.41) is 1.37. The highest BCUT2D eigenvalue weighted by molar-refractivity contribution is 14.1. The maximum absolute atomic E-state index is 13.0. The van der Waals surface area contributed by atoms with Gasteiger partial charge in [-0.05, 0) is 59.8 Å². The van der Waals surface area contributed by atoms with Crippen molar-refractivity contribution >= 4 is 56.9 Å². The Hall–Kier alpha value is -2.33. The molecule has 0 radical (unpaired) electrons. The number of rotatable bonds is 4. The summed E-state index contributed by atoms with van der Waals surface area (Å²) in [7, 11) is 0. The highest BCUT2D eigenvalue weighted by Gasteiger charge is 2.29. The molecule has 0 aliphatic carbocycles. The Balaban J connectivity index is 1.43. The summed E-state index contributed by atoms with van der Waals surface area (Å²) in [4.78, 5) is 33.1. The van der Waals surface area contributed by atoms with Crippen LogP contribution in [0.25, 0.3) is 10.9 Å². The quantitative estimate of drug-likeness (QED) is 0.471. The monoisotopic (exact) mass is 539 g/mol. The van der Waals surface area contributed by atoms with Gasteiger partial charge in [0.05, 0.1) is 14.9 Å². The summed E-state index contributed by atoms with van der Waals surface area (Å²) in [6, 6.07) is 8.81. The molecule has 3 heterocycles. The fourth-order valence-electron chi connectivity index (χ4n) is 3.43. The Morgan fingerprint density at radius 1 is 1.20 bits per heavy atom. The first-order valence-corrected chi connectivity index (χ1v) is 10.9. The van der Waals surface area contributed by atoms with Crippen LogP contribution in [-0.2, 0) is 4.79 Å². The first-order chi connectivity index (χ1) is 14.5. The van der Waals surface area contributed by atoms with E-state index in [0.29, 0.717) is 48.2 Å². The second kappa shape index (κ2) is 8.81. The fourth-order valence-corrected chi connectivity index (χ4v) is 4.57. The number of carbonyl (C=O) groups excluding carboxylic acids is 2. The Kier molecular flexibility index (Phi) is 6.14. The topological polar surface area (TPSA) is 75.9 Å². The van der Waals surface area contributed by atoms with Crippen LogP contribution < -0.4 is 4.74 Å². The summed E-state index contributed by atoms with van der Waals surface area (Å²) in [6.45, 7) is 3.50. The molecule has 0 spiro atoms. The molecular formula is C21H19ClIN3O4. The molecule has 0 saturated carbocycles. The van der Waals surface area contributed by atoms with Crippen molar-refractivity contribution in [3.8, 4) is 5.75 Å². The number of piperazine rings is 1. The number of hydrogen-bond acceptors (Lipinski definition) is 5. The first-order valence-electron chi connectivity index (χ1n) is 9.46. The number of pyridine rings is 1. The van der Waals surface area contributed by atoms with E-state index in [2.05, 4.69) is 27.6 Å². The van der Waals surface area contributed by atoms with E-state index >= 15 is 0 Å². The van der Waals surface area contributed by atoms with E-state index in [-0.39, 0.29) is 11.8 Å². The van der Waals surface area contributed by atoms with Crippen molar-refractivity contribution in [2.75, 3.05) is 26.2 Å². The van der Waals surface area contributed by atoms with E-state index in [0.717, 1.165) is 8.96 Å². The third-order valence-corrected chi connectivity index (χ3v) is 6.12. The van der Waals surface area contributed by atoms with Gasteiger partial charge in [-0.25, -0.2) is 0 Å². The molecule has 4 rings (SSSR count). The Bertz CT molecular complexity index is 1080. The number of amides is 2. The molecule has 0 bridgehead atoms. The highest BCUT2D eigenvalue weighted by atomic mass is 127. The van der Waals surface area contributed by atoms with Crippen molar-refractivity contribution in [1.29, 1.82) is 0 Å². The largest absolute Gasteiger partial charge is 0.477 e. The van der Waals surface area contributed by atoms with E-state index in [1.807, 2.05) is 12.1 Å². The number of furan rings is 1. The predicted octanol–water partition coefficient (Wildman–Crippen LogP) is 3.84. The van der Waals surface area contributed by atoms with E-state index in [1.165, 1.54) is 6.26 Å². The molecule has 1 fully saturated rings. The summed E-state index contributed by atoms with van der Waals surface area (Å²) < 4.78 is 12.0. The minimum absolute atomic E-state index is 0.130. The number of ether oxygens (including phenoxy) is 1. The Labute approximate surface area is 192 Å². The maximum atomic E-state index is 13.0. The molecule has 7 nitrogen and oxygen atoms in total. The third-order valence-electron chi connectivity index (χ3n) is 5.00. The molecule has 0 N–H and O–H groups in total. The standard InChI is InChI=1S/C21H19ClIN3O4/c1-13(30-19-16(23)12-15(22)14-4-2-6-24-18(14)19)20(27)25-7-9-26(10-8-25)21(28)17-5-3-11-29-17/h2-6,11-13H,7-10H2,1H3/t13-/m0/s1. The van der Waals surface area contributed by atoms with E-state index in [1.54, 1.807) is 41.1 Å². The van der Waals surface area contributed by atoms with Crippen LogP contribution in [0, 0.1) is 3.57 Å². The molecule has 1 saturated heterocycles. The number of carbonyl (C=O) groups is 2. The number of halogens is 2. The minimum Gasteiger partial charge on any atom is -0.477 e. The molecular weight excluding hydrogens is 521 g/mol. The molecule has 2 amide bonds. The third kappa shape index (κ3) is 4.11. The van der Waals surface area contributed by atoms with Crippen LogP contribution in [0.2, 0.25) is 5.02 Å². The second-order valence-electron chi connectivity index (χ2n) is 6.92. The lowest BCUT2D eigenvalue weighted by molar-refractivity contribution is -0.139. The van der Waals surface area contributed by atoms with Crippen LogP contribution in [-0.4, -0.2) is 58.9 Å². The fraction of sp³-hybridized carbons (Fsp3) is 0.286. The van der Waals surface area contributed by atoms with E-state index in [9.17, 15) is 9.59 Å². The lowest BCUT2D eigenvalue weighted by Crippen LogP contribution is -2.53. The predicted molar refractivity (Wildman–Crippen MR) is 121 cm³/mol. The van der Waals surface area contributed by atoms with Crippen LogP contribution in [0.15, 0.2) is 47.2 Å². The first kappa shape index (κ1) is 20.9. The van der Waals surface area contributed by atoms with Crippen molar-refractivity contribution in [3.05, 3.63) is 57.1 Å². The van der Waals surface area contributed by atoms with Gasteiger partial charge in [-0.15, -0.1) is 0 Å². The lowest BCUT2D eigenvalue weighted by Gasteiger charge is -2.35. The Morgan fingerprint density at radius 3 is 2.63 bits per heavy atom. The summed E-state index contributed by atoms with van der Waals surface area (Å²) in [5.41, 5.74) is 0.628. The van der Waals surface area contributed by atoms with E-state index < -0.39 is 6.10 Å². The number of hydrogen-bond donors (Lipinski definition) is 0. The van der Waals surface area contributed by atoms with Crippen molar-refractivity contribution in [2.45, 2.75) is 13.0 Å². The van der Waals surface area contributed by atoms with Gasteiger partial charge in [0.15, 0.2) is 17.6 Å². The van der Waals surface area contributed by atoms with Crippen LogP contribution in [0.4, 0.5) is 0 Å². The molecule has 1 atom stereocenters. The smallest absolute Gasteiger partial charge is 0.289 e. The maximum Gasteiger partial charge on any atom is 0.289 e. The minimum atomic E-state index is -0.697. The molecule has 0 unspecified atom stereocenters. The molecule has 30 heavy (non-hydrogen) atoms. The average molecular weight is 540 g/mol.